The third-order valence-electron chi connectivity index (χ3n) is 2.68. The number of Topliss-reactive ketones (excluding diaryl/α,β-unsaturated/α-hetero) is 1. The van der Waals surface area contributed by atoms with Gasteiger partial charge in [-0.25, -0.2) is 4.79 Å². The standard InChI is InChI=1S/C14H18O4/c1-8-6-9(11(15)13(16)17)12(18-5)10(7-8)14(2,3)4/h6-7H,1-5H3,(H,16,17). The zero-order chi connectivity index (χ0) is 14.1. The summed E-state index contributed by atoms with van der Waals surface area (Å²) < 4.78 is 5.25. The second kappa shape index (κ2) is 4.80. The van der Waals surface area contributed by atoms with E-state index in [1.54, 1.807) is 6.07 Å². The third-order valence-corrected chi connectivity index (χ3v) is 2.68. The van der Waals surface area contributed by atoms with Crippen molar-refractivity contribution in [2.45, 2.75) is 33.1 Å². The second-order valence-electron chi connectivity index (χ2n) is 5.28. The highest BCUT2D eigenvalue weighted by atomic mass is 16.5. The molecule has 1 rings (SSSR count). The maximum Gasteiger partial charge on any atom is 0.377 e. The number of hydrogen-bond acceptors (Lipinski definition) is 3. The van der Waals surface area contributed by atoms with Crippen LogP contribution in [0.3, 0.4) is 0 Å². The van der Waals surface area contributed by atoms with Crippen molar-refractivity contribution >= 4 is 11.8 Å². The molecule has 0 fully saturated rings. The van der Waals surface area contributed by atoms with E-state index in [0.717, 1.165) is 11.1 Å². The van der Waals surface area contributed by atoms with Crippen LogP contribution >= 0.6 is 0 Å². The lowest BCUT2D eigenvalue weighted by Gasteiger charge is -2.24. The number of carboxylic acid groups (broad SMARTS) is 1. The van der Waals surface area contributed by atoms with Gasteiger partial charge in [0.05, 0.1) is 12.7 Å². The molecule has 0 aliphatic rings. The van der Waals surface area contributed by atoms with Gasteiger partial charge in [0, 0.05) is 5.56 Å². The van der Waals surface area contributed by atoms with E-state index in [1.165, 1.54) is 7.11 Å². The fourth-order valence-electron chi connectivity index (χ4n) is 1.83. The van der Waals surface area contributed by atoms with Crippen LogP contribution in [0.15, 0.2) is 12.1 Å². The Hall–Kier alpha value is -1.84. The highest BCUT2D eigenvalue weighted by molar-refractivity contribution is 6.40. The Balaban J connectivity index is 3.58. The van der Waals surface area contributed by atoms with Gasteiger partial charge in [-0.2, -0.15) is 0 Å². The highest BCUT2D eigenvalue weighted by Gasteiger charge is 2.27. The number of carbonyl (C=O) groups is 2. The van der Waals surface area contributed by atoms with Crippen molar-refractivity contribution in [3.05, 3.63) is 28.8 Å². The van der Waals surface area contributed by atoms with Crippen LogP contribution in [0.5, 0.6) is 5.75 Å². The van der Waals surface area contributed by atoms with Gasteiger partial charge >= 0.3 is 5.97 Å². The number of carbonyl (C=O) groups excluding carboxylic acids is 1. The third kappa shape index (κ3) is 2.70. The molecule has 1 N–H and O–H groups in total. The lowest BCUT2D eigenvalue weighted by atomic mass is 9.83. The predicted octanol–water partition coefficient (Wildman–Crippen LogP) is 2.57. The molecule has 0 saturated carbocycles. The molecule has 0 aliphatic carbocycles. The minimum absolute atomic E-state index is 0.106. The summed E-state index contributed by atoms with van der Waals surface area (Å²) in [6.07, 6.45) is 0. The molecule has 1 aromatic carbocycles. The number of aliphatic carboxylic acids is 1. The lowest BCUT2D eigenvalue weighted by molar-refractivity contribution is -0.131. The minimum atomic E-state index is -1.47. The zero-order valence-corrected chi connectivity index (χ0v) is 11.3. The summed E-state index contributed by atoms with van der Waals surface area (Å²) in [5.74, 6) is -2.07. The molecule has 0 aromatic heterocycles. The van der Waals surface area contributed by atoms with E-state index in [-0.39, 0.29) is 11.0 Å². The minimum Gasteiger partial charge on any atom is -0.496 e. The molecule has 0 unspecified atom stereocenters. The molecule has 0 spiro atoms. The van der Waals surface area contributed by atoms with Gasteiger partial charge in [0.15, 0.2) is 0 Å². The molecule has 0 saturated heterocycles. The number of methoxy groups -OCH3 is 1. The number of carboxylic acids is 1. The average Bonchev–Trinajstić information content (AvgIpc) is 2.25. The van der Waals surface area contributed by atoms with Crippen molar-refractivity contribution in [3.8, 4) is 5.75 Å². The van der Waals surface area contributed by atoms with Gasteiger partial charge in [-0.05, 0) is 24.0 Å². The van der Waals surface area contributed by atoms with Gasteiger partial charge in [0.25, 0.3) is 5.78 Å². The van der Waals surface area contributed by atoms with E-state index in [1.807, 2.05) is 33.8 Å². The molecule has 0 radical (unpaired) electrons. The molecular formula is C14H18O4. The van der Waals surface area contributed by atoms with E-state index in [0.29, 0.717) is 5.75 Å². The van der Waals surface area contributed by atoms with Crippen molar-refractivity contribution in [1.29, 1.82) is 0 Å². The van der Waals surface area contributed by atoms with E-state index in [9.17, 15) is 9.59 Å². The van der Waals surface area contributed by atoms with Gasteiger partial charge in [0.2, 0.25) is 0 Å². The maximum absolute atomic E-state index is 11.7. The van der Waals surface area contributed by atoms with Crippen LogP contribution in [-0.2, 0) is 10.2 Å². The molecule has 0 heterocycles. The van der Waals surface area contributed by atoms with Crippen LogP contribution in [0, 0.1) is 6.92 Å². The summed E-state index contributed by atoms with van der Waals surface area (Å²) in [5.41, 5.74) is 1.54. The van der Waals surface area contributed by atoms with Crippen molar-refractivity contribution in [2.75, 3.05) is 7.11 Å². The second-order valence-corrected chi connectivity index (χ2v) is 5.28. The van der Waals surface area contributed by atoms with Crippen LogP contribution in [0.25, 0.3) is 0 Å². The Labute approximate surface area is 107 Å². The number of aryl methyl sites for hydroxylation is 1. The highest BCUT2D eigenvalue weighted by Crippen LogP contribution is 2.35. The topological polar surface area (TPSA) is 63.6 Å². The van der Waals surface area contributed by atoms with E-state index in [4.69, 9.17) is 9.84 Å². The number of rotatable bonds is 3. The van der Waals surface area contributed by atoms with Gasteiger partial charge in [-0.1, -0.05) is 26.8 Å². The number of ketones is 1. The van der Waals surface area contributed by atoms with Gasteiger partial charge < -0.3 is 9.84 Å². The zero-order valence-electron chi connectivity index (χ0n) is 11.3. The first-order valence-corrected chi connectivity index (χ1v) is 5.65. The first-order chi connectivity index (χ1) is 8.18. The summed E-state index contributed by atoms with van der Waals surface area (Å²) in [5, 5.41) is 8.83. The summed E-state index contributed by atoms with van der Waals surface area (Å²) in [4.78, 5) is 22.5. The Morgan fingerprint density at radius 1 is 1.22 bits per heavy atom. The predicted molar refractivity (Wildman–Crippen MR) is 68.4 cm³/mol. The van der Waals surface area contributed by atoms with Crippen LogP contribution in [0.1, 0.15) is 42.3 Å². The molecule has 4 heteroatoms. The Morgan fingerprint density at radius 3 is 2.17 bits per heavy atom. The summed E-state index contributed by atoms with van der Waals surface area (Å²) in [6, 6.07) is 3.46. The van der Waals surface area contributed by atoms with E-state index < -0.39 is 11.8 Å². The van der Waals surface area contributed by atoms with E-state index >= 15 is 0 Å². The number of hydrogen-bond donors (Lipinski definition) is 1. The molecule has 4 nitrogen and oxygen atoms in total. The summed E-state index contributed by atoms with van der Waals surface area (Å²) >= 11 is 0. The number of benzene rings is 1. The largest absolute Gasteiger partial charge is 0.496 e. The first-order valence-electron chi connectivity index (χ1n) is 5.65. The average molecular weight is 250 g/mol. The van der Waals surface area contributed by atoms with Gasteiger partial charge in [0.1, 0.15) is 5.75 Å². The number of ether oxygens (including phenoxy) is 1. The first kappa shape index (κ1) is 14.2. The van der Waals surface area contributed by atoms with Crippen molar-refractivity contribution in [1.82, 2.24) is 0 Å². The quantitative estimate of drug-likeness (QED) is 0.661. The van der Waals surface area contributed by atoms with Crippen LogP contribution in [0.4, 0.5) is 0 Å². The normalized spacial score (nSPS) is 11.2. The Morgan fingerprint density at radius 2 is 1.78 bits per heavy atom. The van der Waals surface area contributed by atoms with Crippen LogP contribution in [-0.4, -0.2) is 24.0 Å². The maximum atomic E-state index is 11.7. The fourth-order valence-corrected chi connectivity index (χ4v) is 1.83. The Bertz CT molecular complexity index is 495. The molecule has 0 bridgehead atoms. The molecule has 0 atom stereocenters. The monoisotopic (exact) mass is 250 g/mol. The molecule has 0 aliphatic heterocycles. The van der Waals surface area contributed by atoms with Gasteiger partial charge in [-0.3, -0.25) is 4.79 Å². The molecule has 1 aromatic rings. The van der Waals surface area contributed by atoms with Crippen molar-refractivity contribution in [3.63, 3.8) is 0 Å². The molecular weight excluding hydrogens is 232 g/mol. The molecule has 18 heavy (non-hydrogen) atoms. The van der Waals surface area contributed by atoms with Crippen LogP contribution in [0.2, 0.25) is 0 Å². The SMILES string of the molecule is COc1c(C(=O)C(=O)O)cc(C)cc1C(C)(C)C. The fraction of sp³-hybridized carbons (Fsp3) is 0.429. The van der Waals surface area contributed by atoms with Gasteiger partial charge in [-0.15, -0.1) is 0 Å². The van der Waals surface area contributed by atoms with Crippen molar-refractivity contribution < 1.29 is 19.4 Å². The van der Waals surface area contributed by atoms with Crippen molar-refractivity contribution in [2.24, 2.45) is 0 Å². The molecule has 0 amide bonds. The summed E-state index contributed by atoms with van der Waals surface area (Å²) in [7, 11) is 1.44. The summed E-state index contributed by atoms with van der Waals surface area (Å²) in [6.45, 7) is 7.78. The van der Waals surface area contributed by atoms with E-state index in [2.05, 4.69) is 0 Å². The Kier molecular flexibility index (Phi) is 3.79. The lowest BCUT2D eigenvalue weighted by Crippen LogP contribution is -2.19. The molecule has 98 valence electrons. The smallest absolute Gasteiger partial charge is 0.377 e. The van der Waals surface area contributed by atoms with Crippen LogP contribution < -0.4 is 4.74 Å².